The number of hydrogen-bond acceptors (Lipinski definition) is 3. The van der Waals surface area contributed by atoms with E-state index < -0.39 is 0 Å². The van der Waals surface area contributed by atoms with Crippen LogP contribution in [-0.4, -0.2) is 17.9 Å². The standard InChI is InChI=1S/C18H14N2O2/c21-17-11-14(16-10-12-6-4-5-9-15(12)19-16)18(22)20(17)13-7-2-1-3-8-13/h1-9,11,16,19H,10H2. The van der Waals surface area contributed by atoms with E-state index in [2.05, 4.69) is 5.32 Å². The Hall–Kier alpha value is -2.88. The van der Waals surface area contributed by atoms with Crippen molar-refractivity contribution < 1.29 is 9.59 Å². The zero-order valence-electron chi connectivity index (χ0n) is 11.8. The van der Waals surface area contributed by atoms with Gasteiger partial charge in [0.05, 0.1) is 11.7 Å². The van der Waals surface area contributed by atoms with E-state index in [0.29, 0.717) is 11.3 Å². The highest BCUT2D eigenvalue weighted by Crippen LogP contribution is 2.32. The quantitative estimate of drug-likeness (QED) is 0.865. The number of amides is 2. The number of anilines is 2. The van der Waals surface area contributed by atoms with Crippen molar-refractivity contribution in [3.63, 3.8) is 0 Å². The van der Waals surface area contributed by atoms with E-state index in [1.807, 2.05) is 42.5 Å². The van der Waals surface area contributed by atoms with Gasteiger partial charge < -0.3 is 5.32 Å². The number of fused-ring (bicyclic) bond motifs is 1. The maximum Gasteiger partial charge on any atom is 0.263 e. The summed E-state index contributed by atoms with van der Waals surface area (Å²) in [7, 11) is 0. The van der Waals surface area contributed by atoms with Crippen molar-refractivity contribution in [2.24, 2.45) is 0 Å². The Bertz CT molecular complexity index is 771. The van der Waals surface area contributed by atoms with Crippen LogP contribution in [0.1, 0.15) is 5.56 Å². The lowest BCUT2D eigenvalue weighted by Gasteiger charge is -2.17. The Labute approximate surface area is 128 Å². The van der Waals surface area contributed by atoms with Gasteiger partial charge in [-0.15, -0.1) is 0 Å². The zero-order chi connectivity index (χ0) is 15.1. The van der Waals surface area contributed by atoms with E-state index in [9.17, 15) is 9.59 Å². The molecule has 4 heteroatoms. The molecule has 2 aliphatic rings. The van der Waals surface area contributed by atoms with Gasteiger partial charge in [0, 0.05) is 17.3 Å². The molecule has 0 radical (unpaired) electrons. The zero-order valence-corrected chi connectivity index (χ0v) is 11.8. The summed E-state index contributed by atoms with van der Waals surface area (Å²) in [5, 5.41) is 3.33. The normalized spacial score (nSPS) is 19.9. The molecule has 2 aromatic carbocycles. The third-order valence-electron chi connectivity index (χ3n) is 4.11. The van der Waals surface area contributed by atoms with Crippen molar-refractivity contribution >= 4 is 23.2 Å². The molecule has 0 saturated carbocycles. The molecule has 4 nitrogen and oxygen atoms in total. The minimum atomic E-state index is -0.274. The van der Waals surface area contributed by atoms with Gasteiger partial charge in [-0.2, -0.15) is 0 Å². The predicted octanol–water partition coefficient (Wildman–Crippen LogP) is 2.52. The largest absolute Gasteiger partial charge is 0.377 e. The second kappa shape index (κ2) is 4.84. The summed E-state index contributed by atoms with van der Waals surface area (Å²) >= 11 is 0. The lowest BCUT2D eigenvalue weighted by Crippen LogP contribution is -2.34. The van der Waals surface area contributed by atoms with Crippen LogP contribution >= 0.6 is 0 Å². The SMILES string of the molecule is O=C1C=C(C2Cc3ccccc3N2)C(=O)N1c1ccccc1. The summed E-state index contributed by atoms with van der Waals surface area (Å²) in [5.41, 5.74) is 3.35. The highest BCUT2D eigenvalue weighted by molar-refractivity contribution is 6.31. The molecule has 4 rings (SSSR count). The fraction of sp³-hybridized carbons (Fsp3) is 0.111. The van der Waals surface area contributed by atoms with Crippen LogP contribution in [0, 0.1) is 0 Å². The number of para-hydroxylation sites is 2. The Balaban J connectivity index is 1.62. The molecule has 108 valence electrons. The molecule has 1 atom stereocenters. The maximum absolute atomic E-state index is 12.7. The monoisotopic (exact) mass is 290 g/mol. The maximum atomic E-state index is 12.7. The van der Waals surface area contributed by atoms with Crippen LogP contribution in [-0.2, 0) is 16.0 Å². The lowest BCUT2D eigenvalue weighted by molar-refractivity contribution is -0.120. The summed E-state index contributed by atoms with van der Waals surface area (Å²) in [4.78, 5) is 26.1. The number of hydrogen-bond donors (Lipinski definition) is 1. The molecule has 0 saturated heterocycles. The van der Waals surface area contributed by atoms with E-state index in [-0.39, 0.29) is 17.9 Å². The number of benzene rings is 2. The predicted molar refractivity (Wildman–Crippen MR) is 84.6 cm³/mol. The smallest absolute Gasteiger partial charge is 0.263 e. The number of imide groups is 1. The van der Waals surface area contributed by atoms with Crippen LogP contribution in [0.5, 0.6) is 0 Å². The van der Waals surface area contributed by atoms with Crippen LogP contribution in [0.4, 0.5) is 11.4 Å². The molecule has 0 aliphatic carbocycles. The van der Waals surface area contributed by atoms with Crippen molar-refractivity contribution in [1.29, 1.82) is 0 Å². The molecule has 1 unspecified atom stereocenters. The summed E-state index contributed by atoms with van der Waals surface area (Å²) in [5.74, 6) is -0.509. The summed E-state index contributed by atoms with van der Waals surface area (Å²) in [6, 6.07) is 16.9. The van der Waals surface area contributed by atoms with Crippen LogP contribution < -0.4 is 10.2 Å². The molecular formula is C18H14N2O2. The van der Waals surface area contributed by atoms with E-state index in [1.54, 1.807) is 12.1 Å². The van der Waals surface area contributed by atoms with Crippen molar-refractivity contribution in [3.8, 4) is 0 Å². The molecule has 0 spiro atoms. The average molecular weight is 290 g/mol. The first-order chi connectivity index (χ1) is 10.7. The minimum absolute atomic E-state index is 0.137. The van der Waals surface area contributed by atoms with Gasteiger partial charge in [-0.25, -0.2) is 4.90 Å². The molecule has 0 aromatic heterocycles. The van der Waals surface area contributed by atoms with Gasteiger partial charge in [-0.1, -0.05) is 36.4 Å². The van der Waals surface area contributed by atoms with Crippen molar-refractivity contribution in [1.82, 2.24) is 0 Å². The van der Waals surface area contributed by atoms with Crippen LogP contribution in [0.3, 0.4) is 0 Å². The second-order valence-corrected chi connectivity index (χ2v) is 5.47. The van der Waals surface area contributed by atoms with E-state index in [0.717, 1.165) is 12.1 Å². The first-order valence-corrected chi connectivity index (χ1v) is 7.23. The Morgan fingerprint density at radius 1 is 0.955 bits per heavy atom. The number of carbonyl (C=O) groups excluding carboxylic acids is 2. The second-order valence-electron chi connectivity index (χ2n) is 5.47. The molecule has 0 fully saturated rings. The number of nitrogens with zero attached hydrogens (tertiary/aromatic N) is 1. The molecule has 22 heavy (non-hydrogen) atoms. The summed E-state index contributed by atoms with van der Waals surface area (Å²) in [6.45, 7) is 0. The third kappa shape index (κ3) is 1.92. The van der Waals surface area contributed by atoms with Crippen molar-refractivity contribution in [2.45, 2.75) is 12.5 Å². The summed E-state index contributed by atoms with van der Waals surface area (Å²) < 4.78 is 0. The lowest BCUT2D eigenvalue weighted by atomic mass is 10.0. The Morgan fingerprint density at radius 3 is 2.45 bits per heavy atom. The van der Waals surface area contributed by atoms with Gasteiger partial charge in [0.2, 0.25) is 0 Å². The van der Waals surface area contributed by atoms with Gasteiger partial charge in [-0.05, 0) is 30.2 Å². The fourth-order valence-electron chi connectivity index (χ4n) is 3.05. The van der Waals surface area contributed by atoms with Crippen molar-refractivity contribution in [2.75, 3.05) is 10.2 Å². The first-order valence-electron chi connectivity index (χ1n) is 7.23. The first kappa shape index (κ1) is 12.8. The molecule has 2 aliphatic heterocycles. The minimum Gasteiger partial charge on any atom is -0.377 e. The highest BCUT2D eigenvalue weighted by Gasteiger charge is 2.38. The van der Waals surface area contributed by atoms with Crippen LogP contribution in [0.25, 0.3) is 0 Å². The van der Waals surface area contributed by atoms with E-state index in [1.165, 1.54) is 16.5 Å². The Kier molecular flexibility index (Phi) is 2.82. The molecule has 2 heterocycles. The van der Waals surface area contributed by atoms with E-state index >= 15 is 0 Å². The molecule has 0 bridgehead atoms. The topological polar surface area (TPSA) is 49.4 Å². The molecular weight excluding hydrogens is 276 g/mol. The van der Waals surface area contributed by atoms with Crippen molar-refractivity contribution in [3.05, 3.63) is 71.8 Å². The van der Waals surface area contributed by atoms with Crippen LogP contribution in [0.2, 0.25) is 0 Å². The average Bonchev–Trinajstić information content (AvgIpc) is 3.09. The highest BCUT2D eigenvalue weighted by atomic mass is 16.2. The van der Waals surface area contributed by atoms with Gasteiger partial charge in [0.25, 0.3) is 11.8 Å². The summed E-state index contributed by atoms with van der Waals surface area (Å²) in [6.07, 6.45) is 2.18. The molecule has 2 aromatic rings. The van der Waals surface area contributed by atoms with Gasteiger partial charge in [0.1, 0.15) is 0 Å². The van der Waals surface area contributed by atoms with Gasteiger partial charge in [-0.3, -0.25) is 9.59 Å². The van der Waals surface area contributed by atoms with Gasteiger partial charge in [0.15, 0.2) is 0 Å². The molecule has 2 amide bonds. The number of rotatable bonds is 2. The fourth-order valence-corrected chi connectivity index (χ4v) is 3.05. The molecule has 1 N–H and O–H groups in total. The van der Waals surface area contributed by atoms with Gasteiger partial charge >= 0.3 is 0 Å². The van der Waals surface area contributed by atoms with Crippen LogP contribution in [0.15, 0.2) is 66.2 Å². The third-order valence-corrected chi connectivity index (χ3v) is 4.11. The number of nitrogens with one attached hydrogen (secondary N) is 1. The van der Waals surface area contributed by atoms with E-state index in [4.69, 9.17) is 0 Å². The number of carbonyl (C=O) groups is 2. The Morgan fingerprint density at radius 2 is 1.68 bits per heavy atom.